The summed E-state index contributed by atoms with van der Waals surface area (Å²) in [6, 6.07) is 18.2. The molecule has 4 rings (SSSR count). The van der Waals surface area contributed by atoms with Crippen LogP contribution in [0.2, 0.25) is 0 Å². The average Bonchev–Trinajstić information content (AvgIpc) is 3.00. The molecule has 10 heteroatoms. The van der Waals surface area contributed by atoms with E-state index in [1.165, 1.54) is 11.2 Å². The van der Waals surface area contributed by atoms with Gasteiger partial charge in [0.1, 0.15) is 12.1 Å². The summed E-state index contributed by atoms with van der Waals surface area (Å²) in [5.74, 6) is 0.370. The maximum absolute atomic E-state index is 12.7. The zero-order valence-corrected chi connectivity index (χ0v) is 25.7. The van der Waals surface area contributed by atoms with Crippen LogP contribution < -0.4 is 15.0 Å². The van der Waals surface area contributed by atoms with Gasteiger partial charge in [0.25, 0.3) is 5.91 Å². The lowest BCUT2D eigenvalue weighted by Crippen LogP contribution is -2.48. The second-order valence-corrected chi connectivity index (χ2v) is 11.3. The SMILES string of the molecule is Cc1ncnc(C)c1C(=O)NCCC(C)N1CCC(N(Cc2cccc(C#N)c2)c2ccc(OC(=O)N(C)C)cc2)CC1. The highest BCUT2D eigenvalue weighted by Gasteiger charge is 2.27. The van der Waals surface area contributed by atoms with Gasteiger partial charge in [0.05, 0.1) is 28.6 Å². The zero-order valence-electron chi connectivity index (χ0n) is 25.7. The van der Waals surface area contributed by atoms with Crippen LogP contribution in [0.15, 0.2) is 54.9 Å². The van der Waals surface area contributed by atoms with E-state index in [1.54, 1.807) is 14.1 Å². The first-order valence-corrected chi connectivity index (χ1v) is 14.7. The Morgan fingerprint density at radius 3 is 2.40 bits per heavy atom. The molecule has 1 aliphatic rings. The molecule has 1 N–H and O–H groups in total. The summed E-state index contributed by atoms with van der Waals surface area (Å²) >= 11 is 0. The average molecular weight is 584 g/mol. The van der Waals surface area contributed by atoms with Crippen molar-refractivity contribution in [2.75, 3.05) is 38.6 Å². The van der Waals surface area contributed by atoms with Crippen LogP contribution in [0.25, 0.3) is 0 Å². The van der Waals surface area contributed by atoms with Gasteiger partial charge in [-0.2, -0.15) is 5.26 Å². The lowest BCUT2D eigenvalue weighted by Gasteiger charge is -2.42. The Morgan fingerprint density at radius 2 is 1.77 bits per heavy atom. The van der Waals surface area contributed by atoms with E-state index in [4.69, 9.17) is 4.74 Å². The number of amides is 2. The number of rotatable bonds is 10. The number of carbonyl (C=O) groups excluding carboxylic acids is 2. The summed E-state index contributed by atoms with van der Waals surface area (Å²) in [6.07, 6.45) is 3.87. The monoisotopic (exact) mass is 583 g/mol. The topological polar surface area (TPSA) is 115 Å². The Hall–Kier alpha value is -4.49. The van der Waals surface area contributed by atoms with Gasteiger partial charge in [-0.05, 0) is 82.0 Å². The molecule has 1 unspecified atom stereocenters. The highest BCUT2D eigenvalue weighted by atomic mass is 16.6. The largest absolute Gasteiger partial charge is 0.414 e. The number of nitriles is 1. The number of aryl methyl sites for hydroxylation is 2. The smallest absolute Gasteiger partial charge is 0.410 e. The van der Waals surface area contributed by atoms with Crippen molar-refractivity contribution < 1.29 is 14.3 Å². The van der Waals surface area contributed by atoms with Crippen LogP contribution in [-0.4, -0.2) is 77.6 Å². The summed E-state index contributed by atoms with van der Waals surface area (Å²) in [6.45, 7) is 9.01. The highest BCUT2D eigenvalue weighted by molar-refractivity contribution is 5.96. The van der Waals surface area contributed by atoms with Crippen molar-refractivity contribution in [3.8, 4) is 11.8 Å². The third-order valence-electron chi connectivity index (χ3n) is 8.01. The van der Waals surface area contributed by atoms with E-state index in [2.05, 4.69) is 44.1 Å². The van der Waals surface area contributed by atoms with Crippen LogP contribution in [0.5, 0.6) is 5.75 Å². The number of hydrogen-bond acceptors (Lipinski definition) is 8. The van der Waals surface area contributed by atoms with Gasteiger partial charge in [-0.15, -0.1) is 0 Å². The summed E-state index contributed by atoms with van der Waals surface area (Å²) in [5.41, 5.74) is 4.69. The molecule has 43 heavy (non-hydrogen) atoms. The first kappa shape index (κ1) is 31.4. The van der Waals surface area contributed by atoms with Crippen molar-refractivity contribution in [2.24, 2.45) is 0 Å². The number of piperidine rings is 1. The Kier molecular flexibility index (Phi) is 10.7. The predicted molar refractivity (Wildman–Crippen MR) is 166 cm³/mol. The number of carbonyl (C=O) groups is 2. The normalized spacial score (nSPS) is 14.4. The molecule has 226 valence electrons. The minimum atomic E-state index is -0.418. The molecule has 1 aliphatic heterocycles. The fraction of sp³-hybridized carbons (Fsp3) is 0.424. The predicted octanol–water partition coefficient (Wildman–Crippen LogP) is 4.71. The molecule has 3 aromatic rings. The Bertz CT molecular complexity index is 1420. The minimum Gasteiger partial charge on any atom is -0.410 e. The molecule has 1 aromatic heterocycles. The van der Waals surface area contributed by atoms with Crippen molar-refractivity contribution in [2.45, 2.75) is 58.7 Å². The molecule has 0 saturated carbocycles. The van der Waals surface area contributed by atoms with E-state index in [9.17, 15) is 14.9 Å². The lowest BCUT2D eigenvalue weighted by molar-refractivity contribution is 0.0943. The number of nitrogens with one attached hydrogen (secondary N) is 1. The van der Waals surface area contributed by atoms with Crippen LogP contribution in [0.4, 0.5) is 10.5 Å². The summed E-state index contributed by atoms with van der Waals surface area (Å²) < 4.78 is 5.42. The van der Waals surface area contributed by atoms with Crippen LogP contribution in [-0.2, 0) is 6.54 Å². The van der Waals surface area contributed by atoms with Crippen LogP contribution in [0.3, 0.4) is 0 Å². The van der Waals surface area contributed by atoms with Gasteiger partial charge in [-0.3, -0.25) is 4.79 Å². The molecule has 2 heterocycles. The van der Waals surface area contributed by atoms with Gasteiger partial charge in [0.2, 0.25) is 0 Å². The Labute approximate surface area is 254 Å². The molecule has 10 nitrogen and oxygen atoms in total. The highest BCUT2D eigenvalue weighted by Crippen LogP contribution is 2.29. The Morgan fingerprint density at radius 1 is 1.09 bits per heavy atom. The van der Waals surface area contributed by atoms with Crippen molar-refractivity contribution in [1.29, 1.82) is 5.26 Å². The third kappa shape index (κ3) is 8.30. The van der Waals surface area contributed by atoms with Crippen molar-refractivity contribution in [3.05, 3.63) is 82.9 Å². The number of likely N-dealkylation sites (tertiary alicyclic amines) is 1. The quantitative estimate of drug-likeness (QED) is 0.365. The number of benzene rings is 2. The van der Waals surface area contributed by atoms with Gasteiger partial charge in [0, 0.05) is 58.0 Å². The van der Waals surface area contributed by atoms with E-state index in [0.29, 0.717) is 53.4 Å². The third-order valence-corrected chi connectivity index (χ3v) is 8.01. The number of hydrogen-bond donors (Lipinski definition) is 1. The molecule has 2 amide bonds. The minimum absolute atomic E-state index is 0.125. The fourth-order valence-corrected chi connectivity index (χ4v) is 5.49. The summed E-state index contributed by atoms with van der Waals surface area (Å²) in [4.78, 5) is 39.3. The van der Waals surface area contributed by atoms with Crippen LogP contribution in [0, 0.1) is 25.2 Å². The first-order chi connectivity index (χ1) is 20.7. The number of anilines is 1. The summed E-state index contributed by atoms with van der Waals surface area (Å²) in [7, 11) is 3.30. The molecule has 0 radical (unpaired) electrons. The molecule has 0 bridgehead atoms. The van der Waals surface area contributed by atoms with Crippen LogP contribution >= 0.6 is 0 Å². The summed E-state index contributed by atoms with van der Waals surface area (Å²) in [5, 5.41) is 12.5. The molecular formula is C33H41N7O3. The van der Waals surface area contributed by atoms with E-state index < -0.39 is 6.09 Å². The molecule has 0 aliphatic carbocycles. The Balaban J connectivity index is 1.38. The first-order valence-electron chi connectivity index (χ1n) is 14.7. The molecule has 0 spiro atoms. The second-order valence-electron chi connectivity index (χ2n) is 11.3. The maximum atomic E-state index is 12.7. The van der Waals surface area contributed by atoms with Gasteiger partial charge in [-0.25, -0.2) is 14.8 Å². The second kappa shape index (κ2) is 14.6. The van der Waals surface area contributed by atoms with Crippen LogP contribution in [0.1, 0.15) is 59.1 Å². The molecule has 2 aromatic carbocycles. The number of ether oxygens (including phenoxy) is 1. The standard InChI is InChI=1S/C33H41N7O3/c1-23(13-16-35-32(41)31-24(2)36-22-37-25(31)3)39-17-14-29(15-18-39)40(21-27-8-6-7-26(19-27)20-34)28-9-11-30(12-10-28)43-33(42)38(4)5/h6-12,19,22-23,29H,13-18,21H2,1-5H3,(H,35,41). The van der Waals surface area contributed by atoms with Crippen molar-refractivity contribution in [3.63, 3.8) is 0 Å². The van der Waals surface area contributed by atoms with Gasteiger partial charge < -0.3 is 24.8 Å². The van der Waals surface area contributed by atoms with Crippen molar-refractivity contribution >= 4 is 17.7 Å². The van der Waals surface area contributed by atoms with E-state index >= 15 is 0 Å². The van der Waals surface area contributed by atoms with E-state index in [0.717, 1.165) is 43.6 Å². The molecule has 1 atom stereocenters. The van der Waals surface area contributed by atoms with Crippen molar-refractivity contribution in [1.82, 2.24) is 25.1 Å². The number of aromatic nitrogens is 2. The number of nitrogens with zero attached hydrogens (tertiary/aromatic N) is 6. The molecular weight excluding hydrogens is 542 g/mol. The van der Waals surface area contributed by atoms with Gasteiger partial charge in [-0.1, -0.05) is 12.1 Å². The van der Waals surface area contributed by atoms with Gasteiger partial charge in [0.15, 0.2) is 0 Å². The fourth-order valence-electron chi connectivity index (χ4n) is 5.49. The lowest BCUT2D eigenvalue weighted by atomic mass is 9.99. The zero-order chi connectivity index (χ0) is 30.9. The molecule has 1 fully saturated rings. The van der Waals surface area contributed by atoms with Gasteiger partial charge >= 0.3 is 6.09 Å². The van der Waals surface area contributed by atoms with E-state index in [1.807, 2.05) is 56.3 Å². The van der Waals surface area contributed by atoms with E-state index in [-0.39, 0.29) is 5.91 Å². The molecule has 1 saturated heterocycles. The maximum Gasteiger partial charge on any atom is 0.414 e.